The largest absolute Gasteiger partial charge is 0.419 e. The summed E-state index contributed by atoms with van der Waals surface area (Å²) in [5, 5.41) is 1.97. The zero-order valence-electron chi connectivity index (χ0n) is 18.6. The molecular formula is C25H17F4N3OS3. The smallest absolute Gasteiger partial charge is 0.299 e. The first-order chi connectivity index (χ1) is 17.2. The van der Waals surface area contributed by atoms with Gasteiger partial charge >= 0.3 is 11.0 Å². The van der Waals surface area contributed by atoms with Gasteiger partial charge in [0.15, 0.2) is 5.82 Å². The first kappa shape index (κ1) is 24.5. The number of nitrogens with one attached hydrogen (secondary N) is 1. The van der Waals surface area contributed by atoms with Gasteiger partial charge < -0.3 is 0 Å². The molecule has 0 radical (unpaired) electrons. The third-order valence-electron chi connectivity index (χ3n) is 5.49. The lowest BCUT2D eigenvalue weighted by Crippen LogP contribution is -2.15. The molecule has 0 fully saturated rings. The Morgan fingerprint density at radius 3 is 2.47 bits per heavy atom. The Labute approximate surface area is 215 Å². The lowest BCUT2D eigenvalue weighted by atomic mass is 10.1. The van der Waals surface area contributed by atoms with Gasteiger partial charge in [0.25, 0.3) is 0 Å². The van der Waals surface area contributed by atoms with Crippen LogP contribution in [0.2, 0.25) is 0 Å². The highest BCUT2D eigenvalue weighted by Gasteiger charge is 2.34. The van der Waals surface area contributed by atoms with E-state index in [1.54, 1.807) is 11.3 Å². The van der Waals surface area contributed by atoms with E-state index in [-0.39, 0.29) is 11.4 Å². The molecular weight excluding hydrogens is 530 g/mol. The molecule has 0 amide bonds. The minimum atomic E-state index is -4.78. The van der Waals surface area contributed by atoms with Crippen LogP contribution in [0.3, 0.4) is 0 Å². The number of anilines is 1. The third kappa shape index (κ3) is 5.04. The summed E-state index contributed by atoms with van der Waals surface area (Å²) in [7, 11) is 0. The molecule has 1 N–H and O–H groups in total. The number of H-pyrrole nitrogens is 1. The summed E-state index contributed by atoms with van der Waals surface area (Å²) < 4.78 is 61.0. The van der Waals surface area contributed by atoms with Gasteiger partial charge in [-0.15, -0.1) is 11.3 Å². The summed E-state index contributed by atoms with van der Waals surface area (Å²) in [5.74, 6) is -0.816. The standard InChI is InChI=1S/C25H17F4N3OS3/c1-14-18-4-2-3-5-21(18)34-23(14)32(13-15-6-11-20(26)19(12-15)25(27,28)29)36-17-9-7-16(8-10-17)22-30-24(33)35-31-22/h2-12H,13H2,1H3,(H,30,31,33). The lowest BCUT2D eigenvalue weighted by molar-refractivity contribution is -0.140. The zero-order valence-corrected chi connectivity index (χ0v) is 21.0. The molecule has 4 nitrogen and oxygen atoms in total. The van der Waals surface area contributed by atoms with E-state index in [1.165, 1.54) is 18.0 Å². The van der Waals surface area contributed by atoms with Gasteiger partial charge in [-0.25, -0.2) is 4.39 Å². The molecule has 5 aromatic rings. The van der Waals surface area contributed by atoms with Crippen LogP contribution in [0.4, 0.5) is 22.6 Å². The quantitative estimate of drug-likeness (QED) is 0.173. The van der Waals surface area contributed by atoms with Crippen LogP contribution in [0.25, 0.3) is 21.5 Å². The average molecular weight is 548 g/mol. The average Bonchev–Trinajstić information content (AvgIpc) is 3.43. The van der Waals surface area contributed by atoms with Crippen LogP contribution in [0, 0.1) is 12.7 Å². The van der Waals surface area contributed by atoms with Gasteiger partial charge in [0.1, 0.15) is 10.8 Å². The van der Waals surface area contributed by atoms with Gasteiger partial charge in [-0.3, -0.25) is 14.1 Å². The van der Waals surface area contributed by atoms with E-state index < -0.39 is 17.6 Å². The molecule has 0 bridgehead atoms. The molecule has 0 aliphatic heterocycles. The predicted octanol–water partition coefficient (Wildman–Crippen LogP) is 7.89. The van der Waals surface area contributed by atoms with Crippen LogP contribution in [0.1, 0.15) is 16.7 Å². The van der Waals surface area contributed by atoms with E-state index >= 15 is 0 Å². The summed E-state index contributed by atoms with van der Waals surface area (Å²) in [6.45, 7) is 2.11. The number of aryl methyl sites for hydroxylation is 1. The Bertz CT molecular complexity index is 1590. The molecule has 0 aliphatic carbocycles. The fourth-order valence-corrected chi connectivity index (χ4v) is 6.51. The van der Waals surface area contributed by atoms with Crippen molar-refractivity contribution in [3.05, 3.63) is 98.9 Å². The van der Waals surface area contributed by atoms with E-state index in [9.17, 15) is 22.4 Å². The fourth-order valence-electron chi connectivity index (χ4n) is 3.75. The Balaban J connectivity index is 1.51. The predicted molar refractivity (Wildman–Crippen MR) is 138 cm³/mol. The van der Waals surface area contributed by atoms with E-state index in [1.807, 2.05) is 59.8 Å². The topological polar surface area (TPSA) is 49.0 Å². The Kier molecular flexibility index (Phi) is 6.62. The van der Waals surface area contributed by atoms with E-state index in [0.717, 1.165) is 54.8 Å². The van der Waals surface area contributed by atoms with E-state index in [2.05, 4.69) is 9.36 Å². The maximum atomic E-state index is 13.9. The highest BCUT2D eigenvalue weighted by atomic mass is 32.2. The van der Waals surface area contributed by atoms with Gasteiger partial charge in [-0.2, -0.15) is 17.5 Å². The second kappa shape index (κ2) is 9.72. The number of halogens is 4. The van der Waals surface area contributed by atoms with Crippen molar-refractivity contribution in [2.45, 2.75) is 24.5 Å². The Morgan fingerprint density at radius 1 is 1.06 bits per heavy atom. The number of aromatic nitrogens is 2. The van der Waals surface area contributed by atoms with Crippen molar-refractivity contribution in [1.29, 1.82) is 0 Å². The van der Waals surface area contributed by atoms with Crippen LogP contribution in [0.15, 0.2) is 76.4 Å². The molecule has 0 saturated carbocycles. The van der Waals surface area contributed by atoms with Gasteiger partial charge in [0.2, 0.25) is 0 Å². The molecule has 3 aromatic carbocycles. The minimum Gasteiger partial charge on any atom is -0.299 e. The van der Waals surface area contributed by atoms with Crippen LogP contribution >= 0.6 is 34.8 Å². The van der Waals surface area contributed by atoms with E-state index in [0.29, 0.717) is 11.4 Å². The van der Waals surface area contributed by atoms with Gasteiger partial charge in [-0.1, -0.05) is 36.4 Å². The number of fused-ring (bicyclic) bond motifs is 1. The molecule has 0 unspecified atom stereocenters. The van der Waals surface area contributed by atoms with E-state index in [4.69, 9.17) is 0 Å². The summed E-state index contributed by atoms with van der Waals surface area (Å²) in [6, 6.07) is 18.4. The van der Waals surface area contributed by atoms with Crippen LogP contribution in [-0.2, 0) is 12.7 Å². The Hall–Kier alpha value is -3.15. The van der Waals surface area contributed by atoms with Crippen molar-refractivity contribution >= 4 is 49.9 Å². The molecule has 5 rings (SSSR count). The second-order valence-corrected chi connectivity index (χ2v) is 10.8. The molecule has 11 heteroatoms. The van der Waals surface area contributed by atoms with Gasteiger partial charge in [0, 0.05) is 26.7 Å². The minimum absolute atomic E-state index is 0.128. The number of alkyl halides is 3. The zero-order chi connectivity index (χ0) is 25.4. The third-order valence-corrected chi connectivity index (χ3v) is 8.46. The molecule has 0 aliphatic rings. The molecule has 0 atom stereocenters. The molecule has 0 saturated heterocycles. The number of aromatic amines is 1. The Morgan fingerprint density at radius 2 is 1.81 bits per heavy atom. The van der Waals surface area contributed by atoms with Crippen molar-refractivity contribution < 1.29 is 17.6 Å². The molecule has 2 aromatic heterocycles. The number of rotatable bonds is 6. The fraction of sp³-hybridized carbons (Fsp3) is 0.120. The first-order valence-electron chi connectivity index (χ1n) is 10.6. The molecule has 2 heterocycles. The lowest BCUT2D eigenvalue weighted by Gasteiger charge is -2.23. The van der Waals surface area contributed by atoms with Gasteiger partial charge in [0.05, 0.1) is 12.1 Å². The van der Waals surface area contributed by atoms with Crippen molar-refractivity contribution in [1.82, 2.24) is 9.36 Å². The highest BCUT2D eigenvalue weighted by Crippen LogP contribution is 2.43. The molecule has 184 valence electrons. The van der Waals surface area contributed by atoms with Crippen LogP contribution < -0.4 is 9.18 Å². The number of hydrogen-bond acceptors (Lipinski definition) is 6. The molecule has 0 spiro atoms. The van der Waals surface area contributed by atoms with Crippen LogP contribution in [-0.4, -0.2) is 9.36 Å². The summed E-state index contributed by atoms with van der Waals surface area (Å²) in [4.78, 5) is 14.7. The highest BCUT2D eigenvalue weighted by molar-refractivity contribution is 8.00. The normalized spacial score (nSPS) is 11.8. The summed E-state index contributed by atoms with van der Waals surface area (Å²) in [6.07, 6.45) is -4.78. The maximum Gasteiger partial charge on any atom is 0.419 e. The number of nitrogens with zero attached hydrogens (tertiary/aromatic N) is 2. The second-order valence-electron chi connectivity index (χ2n) is 7.94. The summed E-state index contributed by atoms with van der Waals surface area (Å²) >= 11 is 3.76. The molecule has 36 heavy (non-hydrogen) atoms. The number of hydrogen-bond donors (Lipinski definition) is 1. The monoisotopic (exact) mass is 547 g/mol. The SMILES string of the molecule is Cc1c(N(Cc2ccc(F)c(C(F)(F)F)c2)Sc2ccc(-c3nsc(=O)[nH]3)cc2)sc2ccccc12. The number of thiophene rings is 1. The summed E-state index contributed by atoms with van der Waals surface area (Å²) in [5.41, 5.74) is 0.818. The number of benzene rings is 3. The van der Waals surface area contributed by atoms with Gasteiger partial charge in [-0.05, 0) is 65.7 Å². The van der Waals surface area contributed by atoms with Crippen molar-refractivity contribution in [2.75, 3.05) is 4.31 Å². The van der Waals surface area contributed by atoms with Crippen molar-refractivity contribution in [2.24, 2.45) is 0 Å². The van der Waals surface area contributed by atoms with Crippen molar-refractivity contribution in [3.8, 4) is 11.4 Å². The van der Waals surface area contributed by atoms with Crippen molar-refractivity contribution in [3.63, 3.8) is 0 Å². The first-order valence-corrected chi connectivity index (χ1v) is 13.0. The maximum absolute atomic E-state index is 13.9. The van der Waals surface area contributed by atoms with Crippen LogP contribution in [0.5, 0.6) is 0 Å².